The molecule has 0 aromatic carbocycles. The highest BCUT2D eigenvalue weighted by Gasteiger charge is 2.23. The van der Waals surface area contributed by atoms with Crippen molar-refractivity contribution < 1.29 is 5.11 Å². The third kappa shape index (κ3) is 2.70. The number of rotatable bonds is 3. The van der Waals surface area contributed by atoms with Gasteiger partial charge in [-0.2, -0.15) is 0 Å². The predicted molar refractivity (Wildman–Crippen MR) is 71.4 cm³/mol. The van der Waals surface area contributed by atoms with Crippen LogP contribution in [0.5, 0.6) is 0 Å². The van der Waals surface area contributed by atoms with Crippen LogP contribution in [0.3, 0.4) is 0 Å². The number of aromatic nitrogens is 3. The average Bonchev–Trinajstić information content (AvgIpc) is 2.41. The molecule has 1 aliphatic rings. The van der Waals surface area contributed by atoms with Gasteiger partial charge in [-0.05, 0) is 25.2 Å². The molecule has 1 aromatic heterocycles. The van der Waals surface area contributed by atoms with Gasteiger partial charge in [0.1, 0.15) is 0 Å². The predicted octanol–water partition coefficient (Wildman–Crippen LogP) is -0.922. The maximum Gasteiger partial charge on any atom is 0.346 e. The maximum absolute atomic E-state index is 12.1. The van der Waals surface area contributed by atoms with Gasteiger partial charge in [0.15, 0.2) is 0 Å². The zero-order valence-electron chi connectivity index (χ0n) is 11.4. The van der Waals surface area contributed by atoms with E-state index in [9.17, 15) is 9.59 Å². The number of nitrogens with zero attached hydrogens (tertiary/aromatic N) is 4. The molecule has 1 aliphatic heterocycles. The molecule has 7 heteroatoms. The van der Waals surface area contributed by atoms with Crippen molar-refractivity contribution in [3.63, 3.8) is 0 Å². The second-order valence-electron chi connectivity index (χ2n) is 5.06. The molecule has 7 nitrogen and oxygen atoms in total. The Bertz CT molecular complexity index is 561. The van der Waals surface area contributed by atoms with Crippen molar-refractivity contribution in [2.45, 2.75) is 19.3 Å². The minimum Gasteiger partial charge on any atom is -0.396 e. The molecule has 1 unspecified atom stereocenters. The summed E-state index contributed by atoms with van der Waals surface area (Å²) in [5.41, 5.74) is -0.773. The summed E-state index contributed by atoms with van der Waals surface area (Å²) in [4.78, 5) is 25.6. The highest BCUT2D eigenvalue weighted by molar-refractivity contribution is 5.35. The Hall–Kier alpha value is -1.63. The number of aliphatic hydroxyl groups is 1. The summed E-state index contributed by atoms with van der Waals surface area (Å²) >= 11 is 0. The summed E-state index contributed by atoms with van der Waals surface area (Å²) in [7, 11) is 3.01. The van der Waals surface area contributed by atoms with Crippen LogP contribution in [0.2, 0.25) is 0 Å². The molecule has 1 saturated heterocycles. The lowest BCUT2D eigenvalue weighted by molar-refractivity contribution is 0.244. The molecule has 1 N–H and O–H groups in total. The van der Waals surface area contributed by atoms with E-state index in [0.29, 0.717) is 18.3 Å². The molecule has 0 aliphatic carbocycles. The molecule has 1 aromatic rings. The van der Waals surface area contributed by atoms with Crippen LogP contribution < -0.4 is 16.1 Å². The Kier molecular flexibility index (Phi) is 4.04. The largest absolute Gasteiger partial charge is 0.396 e. The lowest BCUT2D eigenvalue weighted by Gasteiger charge is -2.32. The highest BCUT2D eigenvalue weighted by Crippen LogP contribution is 2.21. The fourth-order valence-electron chi connectivity index (χ4n) is 2.56. The smallest absolute Gasteiger partial charge is 0.346 e. The summed E-state index contributed by atoms with van der Waals surface area (Å²) in [5.74, 6) is 0.703. The zero-order chi connectivity index (χ0) is 14.0. The molecular formula is C12H20N4O3. The number of hydrogen-bond donors (Lipinski definition) is 1. The van der Waals surface area contributed by atoms with Crippen molar-refractivity contribution in [1.82, 2.24) is 14.3 Å². The summed E-state index contributed by atoms with van der Waals surface area (Å²) < 4.78 is 2.27. The van der Waals surface area contributed by atoms with Gasteiger partial charge in [-0.25, -0.2) is 9.48 Å². The first kappa shape index (κ1) is 13.8. The standard InChI is InChI=1S/C12H20N4O3/c1-14-11(18)10(13-15(2)12(14)19)16-6-3-4-9(8-16)5-7-17/h9,17H,3-8H2,1-2H3. The van der Waals surface area contributed by atoms with Crippen molar-refractivity contribution in [3.8, 4) is 0 Å². The molecular weight excluding hydrogens is 248 g/mol. The van der Waals surface area contributed by atoms with E-state index in [1.807, 2.05) is 4.90 Å². The summed E-state index contributed by atoms with van der Waals surface area (Å²) in [6.07, 6.45) is 2.77. The molecule has 0 saturated carbocycles. The van der Waals surface area contributed by atoms with E-state index < -0.39 is 5.69 Å². The number of anilines is 1. The Morgan fingerprint density at radius 2 is 2.11 bits per heavy atom. The monoisotopic (exact) mass is 268 g/mol. The Morgan fingerprint density at radius 1 is 1.37 bits per heavy atom. The van der Waals surface area contributed by atoms with Crippen molar-refractivity contribution >= 4 is 5.82 Å². The first-order valence-corrected chi connectivity index (χ1v) is 6.54. The fraction of sp³-hybridized carbons (Fsp3) is 0.750. The van der Waals surface area contributed by atoms with E-state index in [2.05, 4.69) is 5.10 Å². The Labute approximate surface area is 111 Å². The summed E-state index contributed by atoms with van der Waals surface area (Å²) in [5, 5.41) is 13.1. The molecule has 19 heavy (non-hydrogen) atoms. The number of hydrogen-bond acceptors (Lipinski definition) is 5. The van der Waals surface area contributed by atoms with Gasteiger partial charge in [-0.1, -0.05) is 0 Å². The van der Waals surface area contributed by atoms with Crippen LogP contribution in [0.25, 0.3) is 0 Å². The van der Waals surface area contributed by atoms with Crippen LogP contribution in [-0.2, 0) is 14.1 Å². The molecule has 2 rings (SSSR count). The third-order valence-corrected chi connectivity index (χ3v) is 3.66. The van der Waals surface area contributed by atoms with Crippen LogP contribution in [0.15, 0.2) is 9.59 Å². The molecule has 1 fully saturated rings. The van der Waals surface area contributed by atoms with Crippen LogP contribution in [0.1, 0.15) is 19.3 Å². The zero-order valence-corrected chi connectivity index (χ0v) is 11.4. The molecule has 0 radical (unpaired) electrons. The maximum atomic E-state index is 12.1. The molecule has 0 spiro atoms. The minimum absolute atomic E-state index is 0.164. The van der Waals surface area contributed by atoms with E-state index in [4.69, 9.17) is 5.11 Å². The van der Waals surface area contributed by atoms with Crippen molar-refractivity contribution in [3.05, 3.63) is 20.8 Å². The Balaban J connectivity index is 2.32. The number of aryl methyl sites for hydroxylation is 1. The number of piperidine rings is 1. The first-order chi connectivity index (χ1) is 9.04. The lowest BCUT2D eigenvalue weighted by atomic mass is 9.95. The topological polar surface area (TPSA) is 80.4 Å². The van der Waals surface area contributed by atoms with Crippen molar-refractivity contribution in [1.29, 1.82) is 0 Å². The summed E-state index contributed by atoms with van der Waals surface area (Å²) in [6, 6.07) is 0. The van der Waals surface area contributed by atoms with E-state index in [1.165, 1.54) is 11.7 Å². The van der Waals surface area contributed by atoms with Gasteiger partial charge in [0.2, 0.25) is 5.82 Å². The van der Waals surface area contributed by atoms with E-state index in [-0.39, 0.29) is 12.2 Å². The molecule has 0 amide bonds. The SMILES string of the molecule is Cn1nc(N2CCCC(CCO)C2)c(=O)n(C)c1=O. The fourth-order valence-corrected chi connectivity index (χ4v) is 2.56. The normalized spacial score (nSPS) is 19.7. The van der Waals surface area contributed by atoms with Gasteiger partial charge in [0, 0.05) is 33.8 Å². The molecule has 0 bridgehead atoms. The van der Waals surface area contributed by atoms with Crippen LogP contribution in [0, 0.1) is 5.92 Å². The second kappa shape index (κ2) is 5.56. The van der Waals surface area contributed by atoms with Gasteiger partial charge in [-0.3, -0.25) is 9.36 Å². The molecule has 2 heterocycles. The van der Waals surface area contributed by atoms with Crippen LogP contribution >= 0.6 is 0 Å². The van der Waals surface area contributed by atoms with Gasteiger partial charge < -0.3 is 10.0 Å². The first-order valence-electron chi connectivity index (χ1n) is 6.54. The second-order valence-corrected chi connectivity index (χ2v) is 5.06. The van der Waals surface area contributed by atoms with Gasteiger partial charge in [-0.15, -0.1) is 5.10 Å². The number of aliphatic hydroxyl groups excluding tert-OH is 1. The van der Waals surface area contributed by atoms with Crippen molar-refractivity contribution in [2.24, 2.45) is 20.0 Å². The average molecular weight is 268 g/mol. The third-order valence-electron chi connectivity index (χ3n) is 3.66. The van der Waals surface area contributed by atoms with Gasteiger partial charge in [0.05, 0.1) is 0 Å². The quantitative estimate of drug-likeness (QED) is 0.766. The van der Waals surface area contributed by atoms with E-state index in [0.717, 1.165) is 30.4 Å². The summed E-state index contributed by atoms with van der Waals surface area (Å²) in [6.45, 7) is 1.64. The van der Waals surface area contributed by atoms with Gasteiger partial charge >= 0.3 is 5.69 Å². The van der Waals surface area contributed by atoms with E-state index >= 15 is 0 Å². The van der Waals surface area contributed by atoms with Crippen LogP contribution in [0.4, 0.5) is 5.82 Å². The van der Waals surface area contributed by atoms with Gasteiger partial charge in [0.25, 0.3) is 5.56 Å². The minimum atomic E-state index is -0.419. The Morgan fingerprint density at radius 3 is 2.79 bits per heavy atom. The van der Waals surface area contributed by atoms with E-state index in [1.54, 1.807) is 7.05 Å². The van der Waals surface area contributed by atoms with Crippen molar-refractivity contribution in [2.75, 3.05) is 24.6 Å². The lowest BCUT2D eigenvalue weighted by Crippen LogP contribution is -2.46. The highest BCUT2D eigenvalue weighted by atomic mass is 16.3. The molecule has 106 valence electrons. The van der Waals surface area contributed by atoms with Crippen LogP contribution in [-0.4, -0.2) is 39.2 Å². The molecule has 1 atom stereocenters.